The van der Waals surface area contributed by atoms with E-state index in [0.717, 1.165) is 31.5 Å². The number of nitrogens with zero attached hydrogens (tertiary/aromatic N) is 1. The molecule has 0 amide bonds. The molecule has 0 atom stereocenters. The van der Waals surface area contributed by atoms with E-state index in [4.69, 9.17) is 0 Å². The highest BCUT2D eigenvalue weighted by atomic mass is 32.2. The van der Waals surface area contributed by atoms with Crippen molar-refractivity contribution in [3.05, 3.63) is 0 Å². The van der Waals surface area contributed by atoms with E-state index in [1.54, 1.807) is 0 Å². The quantitative estimate of drug-likeness (QED) is 0.389. The summed E-state index contributed by atoms with van der Waals surface area (Å²) in [6.45, 7) is 5.10. The van der Waals surface area contributed by atoms with Crippen molar-refractivity contribution in [3.8, 4) is 0 Å². The van der Waals surface area contributed by atoms with Gasteiger partial charge in [0.2, 0.25) is 0 Å². The zero-order chi connectivity index (χ0) is 11.6. The van der Waals surface area contributed by atoms with E-state index in [9.17, 15) is 0 Å². The largest absolute Gasteiger partial charge is 0.357 e. The fourth-order valence-corrected chi connectivity index (χ4v) is 1.93. The van der Waals surface area contributed by atoms with E-state index in [-0.39, 0.29) is 0 Å². The molecule has 94 valence electrons. The molecule has 0 aromatic carbocycles. The first-order valence-corrected chi connectivity index (χ1v) is 7.77. The van der Waals surface area contributed by atoms with Crippen LogP contribution in [-0.2, 0) is 0 Å². The van der Waals surface area contributed by atoms with Crippen molar-refractivity contribution in [1.29, 1.82) is 0 Å². The van der Waals surface area contributed by atoms with E-state index in [2.05, 4.69) is 28.8 Å². The normalized spacial score (nSPS) is 16.2. The third-order valence-corrected chi connectivity index (χ3v) is 3.31. The molecule has 0 saturated heterocycles. The number of hydrogen-bond donors (Lipinski definition) is 2. The van der Waals surface area contributed by atoms with Crippen LogP contribution in [0.2, 0.25) is 0 Å². The van der Waals surface area contributed by atoms with E-state index >= 15 is 0 Å². The number of guanidine groups is 1. The highest BCUT2D eigenvalue weighted by Crippen LogP contribution is 2.28. The van der Waals surface area contributed by atoms with Crippen molar-refractivity contribution in [1.82, 2.24) is 10.6 Å². The summed E-state index contributed by atoms with van der Waals surface area (Å²) < 4.78 is 0. The van der Waals surface area contributed by atoms with Crippen molar-refractivity contribution < 1.29 is 0 Å². The standard InChI is InChI=1S/C12H25N3S/c1-3-13-12(15-10-11-6-7-11)14-8-4-5-9-16-2/h11H,3-10H2,1-2H3,(H2,13,14,15). The lowest BCUT2D eigenvalue weighted by Gasteiger charge is -2.10. The van der Waals surface area contributed by atoms with Crippen molar-refractivity contribution in [2.24, 2.45) is 10.9 Å². The van der Waals surface area contributed by atoms with Crippen LogP contribution >= 0.6 is 11.8 Å². The Hall–Kier alpha value is -0.380. The molecule has 0 aliphatic heterocycles. The van der Waals surface area contributed by atoms with Gasteiger partial charge >= 0.3 is 0 Å². The molecule has 0 unspecified atom stereocenters. The van der Waals surface area contributed by atoms with Crippen LogP contribution in [0.1, 0.15) is 32.6 Å². The van der Waals surface area contributed by atoms with E-state index in [1.807, 2.05) is 11.8 Å². The molecule has 0 heterocycles. The zero-order valence-electron chi connectivity index (χ0n) is 10.6. The Morgan fingerprint density at radius 1 is 1.31 bits per heavy atom. The van der Waals surface area contributed by atoms with Crippen LogP contribution in [0.25, 0.3) is 0 Å². The Kier molecular flexibility index (Phi) is 7.47. The van der Waals surface area contributed by atoms with Gasteiger partial charge in [-0.25, -0.2) is 0 Å². The lowest BCUT2D eigenvalue weighted by atomic mass is 10.3. The van der Waals surface area contributed by atoms with Crippen molar-refractivity contribution in [3.63, 3.8) is 0 Å². The van der Waals surface area contributed by atoms with Crippen molar-refractivity contribution in [2.75, 3.05) is 31.6 Å². The topological polar surface area (TPSA) is 36.4 Å². The second-order valence-electron chi connectivity index (χ2n) is 4.29. The molecule has 0 spiro atoms. The van der Waals surface area contributed by atoms with Gasteiger partial charge in [-0.1, -0.05) is 0 Å². The maximum atomic E-state index is 4.58. The summed E-state index contributed by atoms with van der Waals surface area (Å²) in [5.74, 6) is 3.13. The Morgan fingerprint density at radius 3 is 2.75 bits per heavy atom. The minimum Gasteiger partial charge on any atom is -0.357 e. The molecule has 16 heavy (non-hydrogen) atoms. The van der Waals surface area contributed by atoms with Gasteiger partial charge in [0.25, 0.3) is 0 Å². The van der Waals surface area contributed by atoms with Crippen LogP contribution in [0, 0.1) is 5.92 Å². The van der Waals surface area contributed by atoms with Crippen LogP contribution in [0.15, 0.2) is 4.99 Å². The molecule has 3 nitrogen and oxygen atoms in total. The maximum absolute atomic E-state index is 4.58. The zero-order valence-corrected chi connectivity index (χ0v) is 11.4. The summed E-state index contributed by atoms with van der Waals surface area (Å²) in [5.41, 5.74) is 0. The van der Waals surface area contributed by atoms with Crippen LogP contribution in [0.5, 0.6) is 0 Å². The first kappa shape index (κ1) is 13.7. The highest BCUT2D eigenvalue weighted by Gasteiger charge is 2.20. The molecule has 0 radical (unpaired) electrons. The lowest BCUT2D eigenvalue weighted by Crippen LogP contribution is -2.38. The molecular weight excluding hydrogens is 218 g/mol. The Morgan fingerprint density at radius 2 is 2.12 bits per heavy atom. The monoisotopic (exact) mass is 243 g/mol. The predicted molar refractivity (Wildman–Crippen MR) is 74.3 cm³/mol. The van der Waals surface area contributed by atoms with Crippen LogP contribution in [0.4, 0.5) is 0 Å². The lowest BCUT2D eigenvalue weighted by molar-refractivity contribution is 0.728. The number of rotatable bonds is 8. The number of unbranched alkanes of at least 4 members (excludes halogenated alkanes) is 1. The van der Waals surface area contributed by atoms with E-state index in [0.29, 0.717) is 0 Å². The summed E-state index contributed by atoms with van der Waals surface area (Å²) in [6, 6.07) is 0. The van der Waals surface area contributed by atoms with Gasteiger partial charge in [-0.05, 0) is 50.5 Å². The highest BCUT2D eigenvalue weighted by molar-refractivity contribution is 7.98. The molecule has 0 bridgehead atoms. The van der Waals surface area contributed by atoms with Gasteiger partial charge < -0.3 is 10.6 Å². The molecule has 1 aliphatic carbocycles. The fraction of sp³-hybridized carbons (Fsp3) is 0.917. The Labute approximate surface area is 104 Å². The molecule has 1 rings (SSSR count). The van der Waals surface area contributed by atoms with Gasteiger partial charge in [0, 0.05) is 19.6 Å². The number of hydrogen-bond acceptors (Lipinski definition) is 2. The average Bonchev–Trinajstić information content (AvgIpc) is 3.09. The van der Waals surface area contributed by atoms with Gasteiger partial charge in [-0.2, -0.15) is 11.8 Å². The van der Waals surface area contributed by atoms with E-state index in [1.165, 1.54) is 31.4 Å². The van der Waals surface area contributed by atoms with Gasteiger partial charge in [0.15, 0.2) is 5.96 Å². The summed E-state index contributed by atoms with van der Waals surface area (Å²) in [6.07, 6.45) is 7.42. The summed E-state index contributed by atoms with van der Waals surface area (Å²) in [7, 11) is 0. The second kappa shape index (κ2) is 8.74. The molecule has 1 saturated carbocycles. The molecule has 0 aromatic heterocycles. The van der Waals surface area contributed by atoms with E-state index < -0.39 is 0 Å². The second-order valence-corrected chi connectivity index (χ2v) is 5.28. The van der Waals surface area contributed by atoms with Gasteiger partial charge in [0.1, 0.15) is 0 Å². The van der Waals surface area contributed by atoms with Crippen LogP contribution < -0.4 is 10.6 Å². The smallest absolute Gasteiger partial charge is 0.191 e. The molecular formula is C12H25N3S. The Bertz CT molecular complexity index is 202. The summed E-state index contributed by atoms with van der Waals surface area (Å²) in [5, 5.41) is 6.68. The van der Waals surface area contributed by atoms with Gasteiger partial charge in [-0.3, -0.25) is 4.99 Å². The van der Waals surface area contributed by atoms with Crippen LogP contribution in [0.3, 0.4) is 0 Å². The van der Waals surface area contributed by atoms with Gasteiger partial charge in [0.05, 0.1) is 0 Å². The third-order valence-electron chi connectivity index (χ3n) is 2.62. The predicted octanol–water partition coefficient (Wildman–Crippen LogP) is 2.09. The first-order chi connectivity index (χ1) is 7.86. The molecule has 4 heteroatoms. The molecule has 0 aromatic rings. The maximum Gasteiger partial charge on any atom is 0.191 e. The molecule has 1 aliphatic rings. The Balaban J connectivity index is 2.08. The number of thioether (sulfide) groups is 1. The molecule has 2 N–H and O–H groups in total. The minimum absolute atomic E-state index is 0.868. The molecule has 1 fully saturated rings. The number of aliphatic imine (C=N–C) groups is 1. The first-order valence-electron chi connectivity index (χ1n) is 6.38. The SMILES string of the molecule is CCNC(=NCC1CC1)NCCCCSC. The summed E-state index contributed by atoms with van der Waals surface area (Å²) in [4.78, 5) is 4.58. The number of nitrogens with one attached hydrogen (secondary N) is 2. The minimum atomic E-state index is 0.868. The van der Waals surface area contributed by atoms with Crippen LogP contribution in [-0.4, -0.2) is 37.6 Å². The van der Waals surface area contributed by atoms with Crippen molar-refractivity contribution in [2.45, 2.75) is 32.6 Å². The fourth-order valence-electron chi connectivity index (χ4n) is 1.44. The van der Waals surface area contributed by atoms with Crippen molar-refractivity contribution >= 4 is 17.7 Å². The van der Waals surface area contributed by atoms with Gasteiger partial charge in [-0.15, -0.1) is 0 Å². The summed E-state index contributed by atoms with van der Waals surface area (Å²) >= 11 is 1.92. The average molecular weight is 243 g/mol. The third kappa shape index (κ3) is 6.99.